The Bertz CT molecular complexity index is 454. The largest absolute Gasteiger partial charge is 0.397 e. The zero-order chi connectivity index (χ0) is 13.2. The number of nitrogen functional groups attached to an aromatic ring is 1. The molecule has 0 saturated heterocycles. The highest BCUT2D eigenvalue weighted by Crippen LogP contribution is 2.29. The molecule has 0 bridgehead atoms. The van der Waals surface area contributed by atoms with Crippen LogP contribution in [0.15, 0.2) is 12.1 Å². The molecule has 7 heteroatoms. The Morgan fingerprint density at radius 3 is 2.41 bits per heavy atom. The molecule has 0 aliphatic carbocycles. The maximum absolute atomic E-state index is 11.9. The number of hydrogen-bond donors (Lipinski definition) is 2. The number of carbonyl (C=O) groups excluding carboxylic acids is 2. The van der Waals surface area contributed by atoms with Crippen LogP contribution in [-0.4, -0.2) is 30.3 Å². The monoisotopic (exact) mass is 275 g/mol. The first kappa shape index (κ1) is 13.6. The van der Waals surface area contributed by atoms with Crippen LogP contribution in [0.3, 0.4) is 0 Å². The summed E-state index contributed by atoms with van der Waals surface area (Å²) in [5.74, 6) is -1.01. The van der Waals surface area contributed by atoms with Crippen LogP contribution in [0.2, 0.25) is 10.0 Å². The van der Waals surface area contributed by atoms with Crippen LogP contribution in [0.4, 0.5) is 5.69 Å². The standard InChI is InChI=1S/C10H11Cl2N3O2/c1-15(4-8(14)16)10(17)5-2-6(11)9(12)7(13)3-5/h2-3H,4,13H2,1H3,(H2,14,16). The van der Waals surface area contributed by atoms with Crippen molar-refractivity contribution in [1.82, 2.24) is 4.90 Å². The average molecular weight is 276 g/mol. The summed E-state index contributed by atoms with van der Waals surface area (Å²) in [6.45, 7) is -0.182. The predicted molar refractivity (Wildman–Crippen MR) is 67.0 cm³/mol. The van der Waals surface area contributed by atoms with E-state index in [-0.39, 0.29) is 27.8 Å². The molecule has 0 spiro atoms. The summed E-state index contributed by atoms with van der Waals surface area (Å²) in [5, 5.41) is 0.378. The summed E-state index contributed by atoms with van der Waals surface area (Å²) in [6, 6.07) is 2.79. The Morgan fingerprint density at radius 1 is 1.35 bits per heavy atom. The van der Waals surface area contributed by atoms with Gasteiger partial charge in [0.05, 0.1) is 22.3 Å². The van der Waals surface area contributed by atoms with Gasteiger partial charge < -0.3 is 16.4 Å². The highest BCUT2D eigenvalue weighted by molar-refractivity contribution is 6.43. The highest BCUT2D eigenvalue weighted by Gasteiger charge is 2.16. The minimum atomic E-state index is -0.603. The topological polar surface area (TPSA) is 89.4 Å². The molecule has 17 heavy (non-hydrogen) atoms. The van der Waals surface area contributed by atoms with Crippen molar-refractivity contribution in [2.45, 2.75) is 0 Å². The Morgan fingerprint density at radius 2 is 1.94 bits per heavy atom. The van der Waals surface area contributed by atoms with Gasteiger partial charge in [-0.05, 0) is 12.1 Å². The first-order chi connectivity index (χ1) is 7.82. The van der Waals surface area contributed by atoms with Gasteiger partial charge in [-0.2, -0.15) is 0 Å². The number of primary amides is 1. The number of halogens is 2. The lowest BCUT2D eigenvalue weighted by atomic mass is 10.2. The molecule has 1 aromatic rings. The number of benzene rings is 1. The number of likely N-dealkylation sites (N-methyl/N-ethyl adjacent to an activating group) is 1. The van der Waals surface area contributed by atoms with Crippen molar-refractivity contribution in [2.24, 2.45) is 5.73 Å². The molecule has 1 aromatic carbocycles. The van der Waals surface area contributed by atoms with Gasteiger partial charge in [0.25, 0.3) is 5.91 Å². The molecule has 2 amide bonds. The van der Waals surface area contributed by atoms with E-state index in [2.05, 4.69) is 0 Å². The molecule has 0 unspecified atom stereocenters. The first-order valence-corrected chi connectivity index (χ1v) is 5.36. The molecule has 92 valence electrons. The molecule has 0 fully saturated rings. The van der Waals surface area contributed by atoms with Crippen molar-refractivity contribution in [2.75, 3.05) is 19.3 Å². The number of nitrogens with zero attached hydrogens (tertiary/aromatic N) is 1. The minimum Gasteiger partial charge on any atom is -0.397 e. The Labute approximate surface area is 108 Å². The number of rotatable bonds is 3. The van der Waals surface area contributed by atoms with Gasteiger partial charge in [0.1, 0.15) is 0 Å². The Hall–Kier alpha value is -1.46. The second-order valence-electron chi connectivity index (χ2n) is 3.49. The van der Waals surface area contributed by atoms with E-state index in [1.54, 1.807) is 0 Å². The van der Waals surface area contributed by atoms with Crippen molar-refractivity contribution in [1.29, 1.82) is 0 Å². The summed E-state index contributed by atoms with van der Waals surface area (Å²) in [7, 11) is 1.45. The van der Waals surface area contributed by atoms with Crippen LogP contribution in [0.25, 0.3) is 0 Å². The van der Waals surface area contributed by atoms with Crippen LogP contribution in [-0.2, 0) is 4.79 Å². The smallest absolute Gasteiger partial charge is 0.254 e. The maximum Gasteiger partial charge on any atom is 0.254 e. The van der Waals surface area contributed by atoms with Gasteiger partial charge in [-0.3, -0.25) is 9.59 Å². The molecule has 0 radical (unpaired) electrons. The van der Waals surface area contributed by atoms with Crippen molar-refractivity contribution >= 4 is 40.7 Å². The van der Waals surface area contributed by atoms with Crippen LogP contribution in [0, 0.1) is 0 Å². The molecule has 4 N–H and O–H groups in total. The van der Waals surface area contributed by atoms with Crippen molar-refractivity contribution < 1.29 is 9.59 Å². The quantitative estimate of drug-likeness (QED) is 0.811. The molecule has 0 saturated carbocycles. The van der Waals surface area contributed by atoms with Gasteiger partial charge >= 0.3 is 0 Å². The van der Waals surface area contributed by atoms with Crippen LogP contribution < -0.4 is 11.5 Å². The van der Waals surface area contributed by atoms with E-state index in [0.717, 1.165) is 0 Å². The molecule has 0 atom stereocenters. The number of nitrogens with two attached hydrogens (primary N) is 2. The second kappa shape index (κ2) is 5.25. The zero-order valence-corrected chi connectivity index (χ0v) is 10.5. The van der Waals surface area contributed by atoms with E-state index < -0.39 is 11.8 Å². The third-order valence-corrected chi connectivity index (χ3v) is 2.86. The van der Waals surface area contributed by atoms with Crippen molar-refractivity contribution in [3.05, 3.63) is 27.7 Å². The fourth-order valence-corrected chi connectivity index (χ4v) is 1.60. The summed E-state index contributed by atoms with van der Waals surface area (Å²) in [6.07, 6.45) is 0. The lowest BCUT2D eigenvalue weighted by Crippen LogP contribution is -2.35. The summed E-state index contributed by atoms with van der Waals surface area (Å²) in [5.41, 5.74) is 11.0. The number of amides is 2. The van der Waals surface area contributed by atoms with Crippen molar-refractivity contribution in [3.8, 4) is 0 Å². The number of hydrogen-bond acceptors (Lipinski definition) is 3. The molecular weight excluding hydrogens is 265 g/mol. The molecule has 0 aliphatic heterocycles. The fourth-order valence-electron chi connectivity index (χ4n) is 1.26. The fraction of sp³-hybridized carbons (Fsp3) is 0.200. The van der Waals surface area contributed by atoms with E-state index in [4.69, 9.17) is 34.7 Å². The zero-order valence-electron chi connectivity index (χ0n) is 9.04. The van der Waals surface area contributed by atoms with Gasteiger partial charge in [0.2, 0.25) is 5.91 Å². The predicted octanol–water partition coefficient (Wildman–Crippen LogP) is 1.13. The number of anilines is 1. The maximum atomic E-state index is 11.9. The third kappa shape index (κ3) is 3.25. The average Bonchev–Trinajstić information content (AvgIpc) is 2.23. The third-order valence-electron chi connectivity index (χ3n) is 2.04. The van der Waals surface area contributed by atoms with Crippen molar-refractivity contribution in [3.63, 3.8) is 0 Å². The van der Waals surface area contributed by atoms with Crippen LogP contribution in [0.5, 0.6) is 0 Å². The summed E-state index contributed by atoms with van der Waals surface area (Å²) < 4.78 is 0. The van der Waals surface area contributed by atoms with E-state index in [1.807, 2.05) is 0 Å². The summed E-state index contributed by atoms with van der Waals surface area (Å²) in [4.78, 5) is 23.7. The van der Waals surface area contributed by atoms with Gasteiger partial charge in [0.15, 0.2) is 0 Å². The molecule has 0 heterocycles. The first-order valence-electron chi connectivity index (χ1n) is 4.61. The van der Waals surface area contributed by atoms with Gasteiger partial charge in [0, 0.05) is 12.6 Å². The van der Waals surface area contributed by atoms with Crippen LogP contribution >= 0.6 is 23.2 Å². The lowest BCUT2D eigenvalue weighted by molar-refractivity contribution is -0.118. The van der Waals surface area contributed by atoms with Crippen LogP contribution in [0.1, 0.15) is 10.4 Å². The minimum absolute atomic E-state index is 0.182. The van der Waals surface area contributed by atoms with Gasteiger partial charge in [-0.15, -0.1) is 0 Å². The Balaban J connectivity index is 3.01. The molecule has 0 aromatic heterocycles. The molecule has 5 nitrogen and oxygen atoms in total. The second-order valence-corrected chi connectivity index (χ2v) is 4.27. The molecule has 1 rings (SSSR count). The SMILES string of the molecule is CN(CC(N)=O)C(=O)c1cc(N)c(Cl)c(Cl)c1. The lowest BCUT2D eigenvalue weighted by Gasteiger charge is -2.15. The number of carbonyl (C=O) groups is 2. The van der Waals surface area contributed by atoms with E-state index >= 15 is 0 Å². The molecule has 0 aliphatic rings. The molecular formula is C10H11Cl2N3O2. The van der Waals surface area contributed by atoms with Gasteiger partial charge in [-0.25, -0.2) is 0 Å². The van der Waals surface area contributed by atoms with E-state index in [1.165, 1.54) is 24.1 Å². The summed E-state index contributed by atoms with van der Waals surface area (Å²) >= 11 is 11.6. The normalized spacial score (nSPS) is 10.1. The van der Waals surface area contributed by atoms with E-state index in [0.29, 0.717) is 0 Å². The highest BCUT2D eigenvalue weighted by atomic mass is 35.5. The van der Waals surface area contributed by atoms with Gasteiger partial charge in [-0.1, -0.05) is 23.2 Å². The Kier molecular flexibility index (Phi) is 4.20. The van der Waals surface area contributed by atoms with E-state index in [9.17, 15) is 9.59 Å².